The monoisotopic (exact) mass is 425 g/mol. The molecule has 2 aromatic carbocycles. The minimum absolute atomic E-state index is 0.0549. The second-order valence-corrected chi connectivity index (χ2v) is 7.50. The van der Waals surface area contributed by atoms with Crippen molar-refractivity contribution in [2.45, 2.75) is 19.3 Å². The minimum Gasteiger partial charge on any atom is -0.493 e. The molecular weight excluding hydrogens is 401 g/mol. The van der Waals surface area contributed by atoms with E-state index in [1.165, 1.54) is 12.1 Å². The zero-order valence-corrected chi connectivity index (χ0v) is 17.0. The fraction of sp³-hybridized carbons (Fsp3) is 0.304. The van der Waals surface area contributed by atoms with Crippen LogP contribution in [0.5, 0.6) is 11.5 Å². The summed E-state index contributed by atoms with van der Waals surface area (Å²) in [5.74, 6) is 0.861. The maximum atomic E-state index is 13.6. The van der Waals surface area contributed by atoms with Gasteiger partial charge in [-0.25, -0.2) is 4.39 Å². The summed E-state index contributed by atoms with van der Waals surface area (Å²) in [7, 11) is 0. The molecule has 1 saturated heterocycles. The molecule has 0 aliphatic carbocycles. The summed E-state index contributed by atoms with van der Waals surface area (Å²) >= 11 is 0. The number of fused-ring (bicyclic) bond motifs is 1. The van der Waals surface area contributed by atoms with Gasteiger partial charge in [-0.1, -0.05) is 17.3 Å². The summed E-state index contributed by atoms with van der Waals surface area (Å²) in [6.07, 6.45) is 2.24. The van der Waals surface area contributed by atoms with Gasteiger partial charge in [0, 0.05) is 30.6 Å². The van der Waals surface area contributed by atoms with Crippen LogP contribution in [-0.4, -0.2) is 48.2 Å². The van der Waals surface area contributed by atoms with E-state index in [2.05, 4.69) is 5.16 Å². The highest BCUT2D eigenvalue weighted by molar-refractivity contribution is 6.06. The summed E-state index contributed by atoms with van der Waals surface area (Å²) in [5.41, 5.74) is 8.21. The number of carbonyl (C=O) groups is 1. The Balaban J connectivity index is 1.73. The molecule has 4 rings (SSSR count). The number of ether oxygens (including phenoxy) is 2. The van der Waals surface area contributed by atoms with Gasteiger partial charge in [-0.2, -0.15) is 0 Å². The Morgan fingerprint density at radius 2 is 1.94 bits per heavy atom. The van der Waals surface area contributed by atoms with Gasteiger partial charge < -0.3 is 25.3 Å². The lowest BCUT2D eigenvalue weighted by molar-refractivity contribution is -0.126. The van der Waals surface area contributed by atoms with Gasteiger partial charge in [0.1, 0.15) is 29.8 Å². The Morgan fingerprint density at radius 1 is 1.19 bits per heavy atom. The van der Waals surface area contributed by atoms with Crippen molar-refractivity contribution in [2.24, 2.45) is 10.9 Å². The van der Waals surface area contributed by atoms with E-state index < -0.39 is 0 Å². The third kappa shape index (κ3) is 4.47. The van der Waals surface area contributed by atoms with Crippen molar-refractivity contribution in [1.82, 2.24) is 4.90 Å². The molecule has 0 aromatic heterocycles. The molecule has 0 saturated carbocycles. The first-order valence-electron chi connectivity index (χ1n) is 10.2. The second-order valence-electron chi connectivity index (χ2n) is 7.50. The first-order chi connectivity index (χ1) is 15.1. The number of halogens is 1. The molecule has 0 spiro atoms. The SMILES string of the molecule is N/C(CCOc1ccc2c(c1)C(c1ccc(F)cc1)=C(C(=O)N1CCCC1)CO2)=N\O. The summed E-state index contributed by atoms with van der Waals surface area (Å²) in [5, 5.41) is 11.6. The Labute approximate surface area is 179 Å². The van der Waals surface area contributed by atoms with E-state index in [-0.39, 0.29) is 37.2 Å². The van der Waals surface area contributed by atoms with E-state index in [1.54, 1.807) is 30.3 Å². The third-order valence-electron chi connectivity index (χ3n) is 5.43. The molecule has 2 aliphatic rings. The third-order valence-corrected chi connectivity index (χ3v) is 5.43. The number of likely N-dealkylation sites (tertiary alicyclic amines) is 1. The van der Waals surface area contributed by atoms with Crippen LogP contribution >= 0.6 is 0 Å². The van der Waals surface area contributed by atoms with E-state index in [0.717, 1.165) is 37.1 Å². The van der Waals surface area contributed by atoms with E-state index in [9.17, 15) is 9.18 Å². The largest absolute Gasteiger partial charge is 0.493 e. The molecule has 1 amide bonds. The molecule has 1 fully saturated rings. The maximum Gasteiger partial charge on any atom is 0.253 e. The molecule has 8 heteroatoms. The average Bonchev–Trinajstić information content (AvgIpc) is 3.33. The van der Waals surface area contributed by atoms with Crippen LogP contribution < -0.4 is 15.2 Å². The van der Waals surface area contributed by atoms with Crippen molar-refractivity contribution in [3.8, 4) is 11.5 Å². The molecule has 0 atom stereocenters. The van der Waals surface area contributed by atoms with Gasteiger partial charge in [-0.15, -0.1) is 0 Å². The van der Waals surface area contributed by atoms with Gasteiger partial charge in [0.05, 0.1) is 12.2 Å². The van der Waals surface area contributed by atoms with Gasteiger partial charge in [-0.05, 0) is 48.7 Å². The van der Waals surface area contributed by atoms with Crippen LogP contribution in [-0.2, 0) is 4.79 Å². The number of benzene rings is 2. The first-order valence-corrected chi connectivity index (χ1v) is 10.2. The highest BCUT2D eigenvalue weighted by Gasteiger charge is 2.30. The predicted molar refractivity (Wildman–Crippen MR) is 114 cm³/mol. The highest BCUT2D eigenvalue weighted by Crippen LogP contribution is 2.40. The fourth-order valence-corrected chi connectivity index (χ4v) is 3.85. The number of oxime groups is 1. The van der Waals surface area contributed by atoms with Crippen LogP contribution in [0.2, 0.25) is 0 Å². The standard InChI is InChI=1S/C23H24FN3O4/c24-16-5-3-15(4-6-16)22-18-13-17(30-12-9-21(25)26-29)7-8-20(18)31-14-19(22)23(28)27-10-1-2-11-27/h3-8,13,29H,1-2,9-12,14H2,(H2,25,26). The number of nitrogens with zero attached hydrogens (tertiary/aromatic N) is 2. The molecule has 2 heterocycles. The van der Waals surface area contributed by atoms with Crippen LogP contribution in [0.3, 0.4) is 0 Å². The van der Waals surface area contributed by atoms with Gasteiger partial charge in [-0.3, -0.25) is 4.79 Å². The molecule has 3 N–H and O–H groups in total. The number of amidine groups is 1. The highest BCUT2D eigenvalue weighted by atomic mass is 19.1. The Bertz CT molecular complexity index is 1030. The lowest BCUT2D eigenvalue weighted by Gasteiger charge is -2.27. The summed E-state index contributed by atoms with van der Waals surface area (Å²) in [6.45, 7) is 1.83. The number of nitrogens with two attached hydrogens (primary N) is 1. The number of amides is 1. The maximum absolute atomic E-state index is 13.6. The van der Waals surface area contributed by atoms with Crippen molar-refractivity contribution in [1.29, 1.82) is 0 Å². The molecule has 162 valence electrons. The molecule has 31 heavy (non-hydrogen) atoms. The smallest absolute Gasteiger partial charge is 0.253 e. The van der Waals surface area contributed by atoms with Crippen LogP contribution in [0.1, 0.15) is 30.4 Å². The molecule has 0 bridgehead atoms. The molecule has 2 aromatic rings. The van der Waals surface area contributed by atoms with Crippen LogP contribution in [0.4, 0.5) is 4.39 Å². The van der Waals surface area contributed by atoms with E-state index in [1.807, 2.05) is 4.90 Å². The zero-order chi connectivity index (χ0) is 21.8. The lowest BCUT2D eigenvalue weighted by atomic mass is 9.90. The lowest BCUT2D eigenvalue weighted by Crippen LogP contribution is -2.33. The average molecular weight is 425 g/mol. The number of rotatable bonds is 6. The van der Waals surface area contributed by atoms with E-state index >= 15 is 0 Å². The molecule has 7 nitrogen and oxygen atoms in total. The van der Waals surface area contributed by atoms with Crippen molar-refractivity contribution in [2.75, 3.05) is 26.3 Å². The normalized spacial score (nSPS) is 16.2. The number of carbonyl (C=O) groups excluding carboxylic acids is 1. The van der Waals surface area contributed by atoms with Crippen molar-refractivity contribution in [3.63, 3.8) is 0 Å². The Kier molecular flexibility index (Phi) is 6.06. The summed E-state index contributed by atoms with van der Waals surface area (Å²) < 4.78 is 25.2. The molecule has 0 radical (unpaired) electrons. The van der Waals surface area contributed by atoms with Gasteiger partial charge >= 0.3 is 0 Å². The van der Waals surface area contributed by atoms with Crippen LogP contribution in [0, 0.1) is 5.82 Å². The topological polar surface area (TPSA) is 97.4 Å². The first kappa shape index (κ1) is 20.7. The zero-order valence-electron chi connectivity index (χ0n) is 17.0. The van der Waals surface area contributed by atoms with Crippen molar-refractivity contribution < 1.29 is 23.9 Å². The van der Waals surface area contributed by atoms with Gasteiger partial charge in [0.2, 0.25) is 0 Å². The molecular formula is C23H24FN3O4. The quantitative estimate of drug-likeness (QED) is 0.321. The molecule has 2 aliphatic heterocycles. The van der Waals surface area contributed by atoms with Gasteiger partial charge in [0.25, 0.3) is 5.91 Å². The summed E-state index contributed by atoms with van der Waals surface area (Å²) in [4.78, 5) is 15.1. The van der Waals surface area contributed by atoms with Crippen molar-refractivity contribution >= 4 is 17.3 Å². The van der Waals surface area contributed by atoms with E-state index in [0.29, 0.717) is 22.6 Å². The van der Waals surface area contributed by atoms with Crippen LogP contribution in [0.25, 0.3) is 5.57 Å². The minimum atomic E-state index is -0.343. The fourth-order valence-electron chi connectivity index (χ4n) is 3.85. The summed E-state index contributed by atoms with van der Waals surface area (Å²) in [6, 6.07) is 11.5. The van der Waals surface area contributed by atoms with E-state index in [4.69, 9.17) is 20.4 Å². The van der Waals surface area contributed by atoms with Gasteiger partial charge in [0.15, 0.2) is 0 Å². The second kappa shape index (κ2) is 9.07. The van der Waals surface area contributed by atoms with Crippen LogP contribution in [0.15, 0.2) is 53.2 Å². The number of hydrogen-bond acceptors (Lipinski definition) is 5. The Morgan fingerprint density at radius 3 is 2.65 bits per heavy atom. The predicted octanol–water partition coefficient (Wildman–Crippen LogP) is 3.16. The van der Waals surface area contributed by atoms with Crippen molar-refractivity contribution in [3.05, 3.63) is 65.0 Å². The number of hydrogen-bond donors (Lipinski definition) is 2. The molecule has 0 unspecified atom stereocenters. The Hall–Kier alpha value is -3.55.